The summed E-state index contributed by atoms with van der Waals surface area (Å²) in [4.78, 5) is 25.9. The first-order chi connectivity index (χ1) is 13.7. The Morgan fingerprint density at radius 2 is 2.07 bits per heavy atom. The average molecular weight is 405 g/mol. The molecule has 3 N–H and O–H groups in total. The fourth-order valence-electron chi connectivity index (χ4n) is 3.40. The van der Waals surface area contributed by atoms with Crippen LogP contribution in [0.4, 0.5) is 10.5 Å². The van der Waals surface area contributed by atoms with E-state index in [2.05, 4.69) is 20.7 Å². The van der Waals surface area contributed by atoms with Crippen molar-refractivity contribution in [3.63, 3.8) is 0 Å². The molecule has 0 spiro atoms. The fraction of sp³-hybridized carbons (Fsp3) is 0.571. The summed E-state index contributed by atoms with van der Waals surface area (Å²) < 4.78 is 5.32. The Balaban J connectivity index is 2.02. The number of amides is 2. The van der Waals surface area contributed by atoms with Gasteiger partial charge in [-0.05, 0) is 76.8 Å². The Hall–Kier alpha value is -2.61. The number of nitrogens with zero attached hydrogens (tertiary/aromatic N) is 2. The summed E-state index contributed by atoms with van der Waals surface area (Å²) in [6.07, 6.45) is 3.48. The highest BCUT2D eigenvalue weighted by Gasteiger charge is 2.19. The van der Waals surface area contributed by atoms with Crippen molar-refractivity contribution in [2.75, 3.05) is 18.4 Å². The maximum atomic E-state index is 12.0. The highest BCUT2D eigenvalue weighted by Crippen LogP contribution is 2.23. The van der Waals surface area contributed by atoms with E-state index in [-0.39, 0.29) is 6.04 Å². The Kier molecular flexibility index (Phi) is 8.01. The molecule has 2 rings (SSSR count). The van der Waals surface area contributed by atoms with E-state index in [1.165, 1.54) is 11.1 Å². The minimum absolute atomic E-state index is 0.0727. The number of hydrogen-bond acceptors (Lipinski definition) is 6. The number of carbonyl (C=O) groups excluding carboxylic acids is 2. The van der Waals surface area contributed by atoms with Crippen LogP contribution in [0.3, 0.4) is 0 Å². The number of ether oxygens (including phenoxy) is 1. The molecule has 8 heteroatoms. The SMILES string of the molecule is C[C@@H](CN1CCCCc2cc(NC(=O)OC(C)(C)C)ccc2C1)NC(=O)/C=N\O. The molecule has 0 radical (unpaired) electrons. The van der Waals surface area contributed by atoms with E-state index in [0.29, 0.717) is 6.54 Å². The second-order valence-electron chi connectivity index (χ2n) is 8.46. The normalized spacial score (nSPS) is 16.4. The molecule has 0 aromatic heterocycles. The summed E-state index contributed by atoms with van der Waals surface area (Å²) in [7, 11) is 0. The van der Waals surface area contributed by atoms with E-state index in [1.807, 2.05) is 45.9 Å². The number of aryl methyl sites for hydroxylation is 1. The highest BCUT2D eigenvalue weighted by molar-refractivity contribution is 6.26. The van der Waals surface area contributed by atoms with Crippen LogP contribution in [-0.4, -0.2) is 53.1 Å². The van der Waals surface area contributed by atoms with Crippen LogP contribution in [0.5, 0.6) is 0 Å². The first-order valence-corrected chi connectivity index (χ1v) is 9.98. The Bertz CT molecular complexity index is 743. The third-order valence-corrected chi connectivity index (χ3v) is 4.51. The number of anilines is 1. The summed E-state index contributed by atoms with van der Waals surface area (Å²) in [6, 6.07) is 5.88. The molecule has 1 aliphatic rings. The van der Waals surface area contributed by atoms with Gasteiger partial charge in [0.05, 0.1) is 0 Å². The molecule has 0 fully saturated rings. The van der Waals surface area contributed by atoms with Crippen molar-refractivity contribution >= 4 is 23.9 Å². The molecular formula is C21H32N4O4. The van der Waals surface area contributed by atoms with E-state index in [9.17, 15) is 9.59 Å². The summed E-state index contributed by atoms with van der Waals surface area (Å²) in [5, 5.41) is 16.8. The van der Waals surface area contributed by atoms with Gasteiger partial charge in [0.15, 0.2) is 0 Å². The predicted molar refractivity (Wildman–Crippen MR) is 112 cm³/mol. The van der Waals surface area contributed by atoms with Crippen LogP contribution in [-0.2, 0) is 22.5 Å². The van der Waals surface area contributed by atoms with Gasteiger partial charge in [0.25, 0.3) is 5.91 Å². The molecule has 0 aliphatic carbocycles. The molecule has 2 amide bonds. The zero-order chi connectivity index (χ0) is 21.4. The van der Waals surface area contributed by atoms with Crippen LogP contribution in [0.2, 0.25) is 0 Å². The monoisotopic (exact) mass is 404 g/mol. The lowest BCUT2D eigenvalue weighted by molar-refractivity contribution is -0.115. The van der Waals surface area contributed by atoms with E-state index in [4.69, 9.17) is 9.94 Å². The molecule has 0 saturated carbocycles. The summed E-state index contributed by atoms with van der Waals surface area (Å²) in [6.45, 7) is 9.85. The minimum Gasteiger partial charge on any atom is -0.444 e. The molecule has 160 valence electrons. The van der Waals surface area contributed by atoms with Gasteiger partial charge < -0.3 is 15.3 Å². The molecule has 8 nitrogen and oxygen atoms in total. The van der Waals surface area contributed by atoms with Gasteiger partial charge in [0.1, 0.15) is 11.8 Å². The van der Waals surface area contributed by atoms with Gasteiger partial charge >= 0.3 is 6.09 Å². The number of benzene rings is 1. The van der Waals surface area contributed by atoms with Gasteiger partial charge in [-0.25, -0.2) is 4.79 Å². The van der Waals surface area contributed by atoms with E-state index in [0.717, 1.165) is 44.3 Å². The molecule has 1 heterocycles. The van der Waals surface area contributed by atoms with Gasteiger partial charge in [0.2, 0.25) is 0 Å². The lowest BCUT2D eigenvalue weighted by atomic mass is 9.98. The largest absolute Gasteiger partial charge is 0.444 e. The maximum absolute atomic E-state index is 12.0. The van der Waals surface area contributed by atoms with Crippen LogP contribution < -0.4 is 10.6 Å². The van der Waals surface area contributed by atoms with Gasteiger partial charge in [-0.1, -0.05) is 11.2 Å². The zero-order valence-corrected chi connectivity index (χ0v) is 17.7. The average Bonchev–Trinajstić information content (AvgIpc) is 2.56. The topological polar surface area (TPSA) is 103 Å². The third kappa shape index (κ3) is 8.11. The molecule has 1 atom stereocenters. The van der Waals surface area contributed by atoms with Crippen molar-refractivity contribution in [3.05, 3.63) is 29.3 Å². The Labute approximate surface area is 172 Å². The molecule has 1 aromatic carbocycles. The maximum Gasteiger partial charge on any atom is 0.412 e. The zero-order valence-electron chi connectivity index (χ0n) is 17.7. The second kappa shape index (κ2) is 10.2. The molecular weight excluding hydrogens is 372 g/mol. The highest BCUT2D eigenvalue weighted by atomic mass is 16.6. The Morgan fingerprint density at radius 3 is 2.76 bits per heavy atom. The van der Waals surface area contributed by atoms with Gasteiger partial charge in [-0.15, -0.1) is 0 Å². The van der Waals surface area contributed by atoms with Gasteiger partial charge in [-0.3, -0.25) is 15.0 Å². The van der Waals surface area contributed by atoms with Gasteiger partial charge in [-0.2, -0.15) is 0 Å². The smallest absolute Gasteiger partial charge is 0.412 e. The number of rotatable bonds is 5. The third-order valence-electron chi connectivity index (χ3n) is 4.51. The first kappa shape index (κ1) is 22.7. The van der Waals surface area contributed by atoms with E-state index < -0.39 is 17.6 Å². The van der Waals surface area contributed by atoms with Crippen molar-refractivity contribution < 1.29 is 19.5 Å². The van der Waals surface area contributed by atoms with Gasteiger partial charge in [0, 0.05) is 24.8 Å². The molecule has 0 unspecified atom stereocenters. The first-order valence-electron chi connectivity index (χ1n) is 9.98. The molecule has 0 saturated heterocycles. The molecule has 1 aromatic rings. The number of hydrogen-bond donors (Lipinski definition) is 3. The van der Waals surface area contributed by atoms with Crippen molar-refractivity contribution in [3.8, 4) is 0 Å². The number of fused-ring (bicyclic) bond motifs is 1. The predicted octanol–water partition coefficient (Wildman–Crippen LogP) is 3.14. The van der Waals surface area contributed by atoms with Crippen LogP contribution in [0.1, 0.15) is 51.7 Å². The van der Waals surface area contributed by atoms with E-state index >= 15 is 0 Å². The summed E-state index contributed by atoms with van der Waals surface area (Å²) in [5.41, 5.74) is 2.62. The lowest BCUT2D eigenvalue weighted by Crippen LogP contribution is -2.42. The van der Waals surface area contributed by atoms with Crippen LogP contribution in [0.25, 0.3) is 0 Å². The lowest BCUT2D eigenvalue weighted by Gasteiger charge is -2.29. The van der Waals surface area contributed by atoms with Crippen molar-refractivity contribution in [2.45, 2.75) is 65.1 Å². The second-order valence-corrected chi connectivity index (χ2v) is 8.46. The minimum atomic E-state index is -0.538. The van der Waals surface area contributed by atoms with Crippen LogP contribution >= 0.6 is 0 Å². The van der Waals surface area contributed by atoms with Crippen molar-refractivity contribution in [2.24, 2.45) is 5.16 Å². The Morgan fingerprint density at radius 1 is 1.31 bits per heavy atom. The fourth-order valence-corrected chi connectivity index (χ4v) is 3.40. The standard InChI is InChI=1S/C21H32N4O4/c1-15(23-19(26)12-22-28)13-25-10-6-5-7-16-11-18(9-8-17(16)14-25)24-20(27)29-21(2,3)4/h8-9,11-12,15,28H,5-7,10,13-14H2,1-4H3,(H,23,26)(H,24,27)/b22-12-/t15-/m0/s1. The van der Waals surface area contributed by atoms with Crippen LogP contribution in [0.15, 0.2) is 23.4 Å². The van der Waals surface area contributed by atoms with E-state index in [1.54, 1.807) is 0 Å². The van der Waals surface area contributed by atoms with Crippen molar-refractivity contribution in [1.82, 2.24) is 10.2 Å². The number of nitrogens with one attached hydrogen (secondary N) is 2. The molecule has 29 heavy (non-hydrogen) atoms. The summed E-state index contributed by atoms with van der Waals surface area (Å²) >= 11 is 0. The van der Waals surface area contributed by atoms with Crippen LogP contribution in [0, 0.1) is 0 Å². The quantitative estimate of drug-likeness (QED) is 0.397. The molecule has 1 aliphatic heterocycles. The number of oxime groups is 1. The molecule has 0 bridgehead atoms. The number of carbonyl (C=O) groups is 2. The summed E-state index contributed by atoms with van der Waals surface area (Å²) in [5.74, 6) is -0.412. The van der Waals surface area contributed by atoms with Crippen molar-refractivity contribution in [1.29, 1.82) is 0 Å².